The monoisotopic (exact) mass is 416 g/mol. The fraction of sp³-hybridized carbons (Fsp3) is 0.625. The van der Waals surface area contributed by atoms with Gasteiger partial charge in [-0.15, -0.1) is 0 Å². The molecule has 2 rings (SSSR count). The Morgan fingerprint density at radius 2 is 1.61 bits per heavy atom. The molecule has 1 aliphatic carbocycles. The highest BCUT2D eigenvalue weighted by molar-refractivity contribution is 5.68. The minimum absolute atomic E-state index is 0.184. The van der Waals surface area contributed by atoms with Crippen LogP contribution in [0.15, 0.2) is 6.08 Å². The Morgan fingerprint density at radius 3 is 2.14 bits per heavy atom. The molecule has 0 amide bonds. The molecule has 0 radical (unpaired) electrons. The van der Waals surface area contributed by atoms with E-state index in [0.717, 1.165) is 13.8 Å². The van der Waals surface area contributed by atoms with Crippen molar-refractivity contribution in [2.24, 2.45) is 0 Å². The van der Waals surface area contributed by atoms with E-state index in [1.165, 1.54) is 6.08 Å². The summed E-state index contributed by atoms with van der Waals surface area (Å²) in [6, 6.07) is -4.33. The lowest BCUT2D eigenvalue weighted by atomic mass is 9.95. The van der Waals surface area contributed by atoms with E-state index >= 15 is 0 Å². The van der Waals surface area contributed by atoms with Crippen LogP contribution in [0.4, 0.5) is 42.5 Å². The van der Waals surface area contributed by atoms with Gasteiger partial charge in [-0.1, -0.05) is 6.08 Å². The molecule has 0 aliphatic heterocycles. The minimum atomic E-state index is -4.73. The van der Waals surface area contributed by atoms with Gasteiger partial charge in [-0.3, -0.25) is 0 Å². The van der Waals surface area contributed by atoms with Crippen LogP contribution in [0.5, 0.6) is 0 Å². The van der Waals surface area contributed by atoms with E-state index in [1.54, 1.807) is 0 Å². The second kappa shape index (κ2) is 8.10. The predicted molar refractivity (Wildman–Crippen MR) is 88.1 cm³/mol. The molecule has 1 heterocycles. The highest BCUT2D eigenvalue weighted by Gasteiger charge is 2.38. The zero-order chi connectivity index (χ0) is 21.3. The van der Waals surface area contributed by atoms with Crippen molar-refractivity contribution in [3.05, 3.63) is 17.6 Å². The number of nitrogens with zero attached hydrogens (tertiary/aromatic N) is 2. The van der Waals surface area contributed by atoms with Gasteiger partial charge in [0.15, 0.2) is 11.6 Å². The third-order valence-electron chi connectivity index (χ3n) is 4.18. The Kier molecular flexibility index (Phi) is 6.41. The smallest absolute Gasteiger partial charge is 0.389 e. The van der Waals surface area contributed by atoms with Gasteiger partial charge in [-0.05, 0) is 38.7 Å². The van der Waals surface area contributed by atoms with Crippen molar-refractivity contribution >= 4 is 17.3 Å². The van der Waals surface area contributed by atoms with E-state index in [0.29, 0.717) is 12.8 Å². The van der Waals surface area contributed by atoms with Crippen LogP contribution >= 0.6 is 0 Å². The van der Waals surface area contributed by atoms with E-state index in [1.807, 2.05) is 10.6 Å². The number of aliphatic hydroxyl groups is 1. The number of nitrogens with one attached hydrogen (secondary N) is 2. The summed E-state index contributed by atoms with van der Waals surface area (Å²) in [6.45, 7) is 1.48. The highest BCUT2D eigenvalue weighted by Crippen LogP contribution is 2.32. The molecule has 12 heteroatoms. The first-order chi connectivity index (χ1) is 12.8. The number of aliphatic hydroxyl groups excluding tert-OH is 1. The van der Waals surface area contributed by atoms with Crippen LogP contribution in [0, 0.1) is 5.82 Å². The van der Waals surface area contributed by atoms with Crippen molar-refractivity contribution in [2.75, 3.05) is 10.6 Å². The largest absolute Gasteiger partial charge is 0.408 e. The van der Waals surface area contributed by atoms with E-state index in [4.69, 9.17) is 0 Å². The third-order valence-corrected chi connectivity index (χ3v) is 4.18. The molecule has 1 aromatic rings. The number of aromatic nitrogens is 2. The number of rotatable bonds is 5. The third kappa shape index (κ3) is 5.46. The van der Waals surface area contributed by atoms with Crippen molar-refractivity contribution in [2.45, 2.75) is 63.7 Å². The molecule has 0 spiro atoms. The maximum Gasteiger partial charge on any atom is 0.408 e. The molecule has 28 heavy (non-hydrogen) atoms. The molecular weight excluding hydrogens is 397 g/mol. The summed E-state index contributed by atoms with van der Waals surface area (Å²) in [5, 5.41) is 13.5. The van der Waals surface area contributed by atoms with Gasteiger partial charge in [0, 0.05) is 0 Å². The quantitative estimate of drug-likeness (QED) is 0.626. The first-order valence-electron chi connectivity index (χ1n) is 8.42. The molecule has 1 aromatic heterocycles. The van der Waals surface area contributed by atoms with Crippen molar-refractivity contribution < 1.29 is 35.8 Å². The Balaban J connectivity index is 2.48. The lowest BCUT2D eigenvalue weighted by Crippen LogP contribution is -2.35. The SMILES string of the molecule is C[C@@H](Nc1nc(N[C@H](C)C(F)(F)F)c(F)c(C2=CC(O)CCC2)n1)C(F)(F)F. The normalized spacial score (nSPS) is 20.4. The molecule has 1 unspecified atom stereocenters. The van der Waals surface area contributed by atoms with Gasteiger partial charge < -0.3 is 15.7 Å². The summed E-state index contributed by atoms with van der Waals surface area (Å²) >= 11 is 0. The Labute approximate surface area is 156 Å². The summed E-state index contributed by atoms with van der Waals surface area (Å²) in [6.07, 6.45) is -7.91. The van der Waals surface area contributed by atoms with Crippen LogP contribution < -0.4 is 10.6 Å². The fourth-order valence-corrected chi connectivity index (χ4v) is 2.48. The van der Waals surface area contributed by atoms with Crippen LogP contribution in [0.3, 0.4) is 0 Å². The summed E-state index contributed by atoms with van der Waals surface area (Å²) in [4.78, 5) is 7.17. The maximum atomic E-state index is 14.8. The van der Waals surface area contributed by atoms with Crippen LogP contribution in [-0.2, 0) is 0 Å². The van der Waals surface area contributed by atoms with Crippen LogP contribution in [0.25, 0.3) is 5.57 Å². The number of anilines is 2. The van der Waals surface area contributed by atoms with Gasteiger partial charge in [-0.2, -0.15) is 31.3 Å². The van der Waals surface area contributed by atoms with E-state index in [9.17, 15) is 35.8 Å². The van der Waals surface area contributed by atoms with Gasteiger partial charge in [-0.25, -0.2) is 9.37 Å². The van der Waals surface area contributed by atoms with Crippen molar-refractivity contribution in [1.82, 2.24) is 9.97 Å². The number of hydrogen-bond acceptors (Lipinski definition) is 5. The summed E-state index contributed by atoms with van der Waals surface area (Å²) in [5.41, 5.74) is -0.272. The average molecular weight is 416 g/mol. The van der Waals surface area contributed by atoms with E-state index < -0.39 is 53.8 Å². The first-order valence-corrected chi connectivity index (χ1v) is 8.42. The van der Waals surface area contributed by atoms with Crippen molar-refractivity contribution in [1.29, 1.82) is 0 Å². The molecule has 3 N–H and O–H groups in total. The minimum Gasteiger partial charge on any atom is -0.389 e. The topological polar surface area (TPSA) is 70.1 Å². The zero-order valence-electron chi connectivity index (χ0n) is 14.9. The van der Waals surface area contributed by atoms with Gasteiger partial charge in [0.05, 0.1) is 6.10 Å². The second-order valence-electron chi connectivity index (χ2n) is 6.53. The molecule has 0 aromatic carbocycles. The van der Waals surface area contributed by atoms with Gasteiger partial charge in [0.25, 0.3) is 0 Å². The van der Waals surface area contributed by atoms with Crippen LogP contribution in [0.2, 0.25) is 0 Å². The van der Waals surface area contributed by atoms with Gasteiger partial charge >= 0.3 is 12.4 Å². The highest BCUT2D eigenvalue weighted by atomic mass is 19.4. The first kappa shape index (κ1) is 22.2. The van der Waals surface area contributed by atoms with Gasteiger partial charge in [0.2, 0.25) is 5.95 Å². The summed E-state index contributed by atoms with van der Waals surface area (Å²) in [5.74, 6) is -2.80. The van der Waals surface area contributed by atoms with Crippen LogP contribution in [-0.4, -0.2) is 45.6 Å². The Morgan fingerprint density at radius 1 is 1.04 bits per heavy atom. The number of alkyl halides is 6. The molecule has 5 nitrogen and oxygen atoms in total. The van der Waals surface area contributed by atoms with Crippen molar-refractivity contribution in [3.8, 4) is 0 Å². The standard InChI is InChI=1S/C16H19F7N4O/c1-7(15(18,19)20)24-13-11(17)12(9-4-3-5-10(28)6-9)26-14(27-13)25-8(2)16(21,22)23/h6-8,10,28H,3-5H2,1-2H3,(H2,24,25,26,27)/t7-,8-,10?/m1/s1. The predicted octanol–water partition coefficient (Wildman–Crippen LogP) is 4.27. The molecule has 0 bridgehead atoms. The second-order valence-corrected chi connectivity index (χ2v) is 6.53. The number of hydrogen-bond donors (Lipinski definition) is 3. The number of halogens is 7. The zero-order valence-corrected chi connectivity index (χ0v) is 14.9. The summed E-state index contributed by atoms with van der Waals surface area (Å²) < 4.78 is 91.5. The molecule has 158 valence electrons. The molecule has 0 saturated heterocycles. The Bertz CT molecular complexity index is 733. The molecule has 0 saturated carbocycles. The molecule has 1 aliphatic rings. The lowest BCUT2D eigenvalue weighted by molar-refractivity contribution is -0.139. The molecule has 3 atom stereocenters. The molecular formula is C16H19F7N4O. The van der Waals surface area contributed by atoms with Crippen molar-refractivity contribution in [3.63, 3.8) is 0 Å². The Hall–Kier alpha value is -2.11. The van der Waals surface area contributed by atoms with E-state index in [2.05, 4.69) is 9.97 Å². The average Bonchev–Trinajstić information content (AvgIpc) is 2.55. The fourth-order valence-electron chi connectivity index (χ4n) is 2.48. The lowest BCUT2D eigenvalue weighted by Gasteiger charge is -2.23. The summed E-state index contributed by atoms with van der Waals surface area (Å²) in [7, 11) is 0. The molecule has 0 fully saturated rings. The maximum absolute atomic E-state index is 14.8. The van der Waals surface area contributed by atoms with Gasteiger partial charge in [0.1, 0.15) is 17.8 Å². The van der Waals surface area contributed by atoms with Crippen LogP contribution in [0.1, 0.15) is 38.8 Å². The van der Waals surface area contributed by atoms with E-state index in [-0.39, 0.29) is 12.0 Å². The number of allylic oxidation sites excluding steroid dienone is 1.